The largest absolute Gasteiger partial charge is 0.465 e. The molecule has 0 fully saturated rings. The van der Waals surface area contributed by atoms with Gasteiger partial charge in [0.25, 0.3) is 0 Å². The van der Waals surface area contributed by atoms with Gasteiger partial charge in [-0.15, -0.1) is 0 Å². The number of hydrogen-bond acceptors (Lipinski definition) is 4. The van der Waals surface area contributed by atoms with Crippen molar-refractivity contribution >= 4 is 11.9 Å². The fourth-order valence-electron chi connectivity index (χ4n) is 1.63. The van der Waals surface area contributed by atoms with Crippen molar-refractivity contribution in [1.29, 1.82) is 0 Å². The fraction of sp³-hybridized carbons (Fsp3) is 0.529. The molecule has 0 aromatic heterocycles. The summed E-state index contributed by atoms with van der Waals surface area (Å²) in [5.41, 5.74) is 1.12. The van der Waals surface area contributed by atoms with Gasteiger partial charge >= 0.3 is 11.9 Å². The van der Waals surface area contributed by atoms with Gasteiger partial charge in [-0.05, 0) is 11.5 Å². The number of benzene rings is 1. The molecule has 1 rings (SSSR count). The first-order valence-electron chi connectivity index (χ1n) is 7.47. The Kier molecular flexibility index (Phi) is 8.17. The molecule has 0 aliphatic rings. The van der Waals surface area contributed by atoms with E-state index in [1.807, 2.05) is 44.2 Å². The number of ether oxygens (including phenoxy) is 2. The first-order valence-corrected chi connectivity index (χ1v) is 7.47. The molecular formula is C17H24O4. The number of carbonyl (C=O) groups is 2. The van der Waals surface area contributed by atoms with Crippen LogP contribution in [0.15, 0.2) is 30.3 Å². The van der Waals surface area contributed by atoms with Crippen LogP contribution in [0.2, 0.25) is 0 Å². The van der Waals surface area contributed by atoms with Crippen molar-refractivity contribution in [3.05, 3.63) is 35.9 Å². The molecule has 116 valence electrons. The molecule has 0 aliphatic carbocycles. The Bertz CT molecular complexity index is 428. The van der Waals surface area contributed by atoms with E-state index in [2.05, 4.69) is 0 Å². The van der Waals surface area contributed by atoms with Gasteiger partial charge in [-0.3, -0.25) is 9.59 Å². The summed E-state index contributed by atoms with van der Waals surface area (Å²) in [5, 5.41) is 0. The average molecular weight is 292 g/mol. The maximum absolute atomic E-state index is 11.5. The monoisotopic (exact) mass is 292 g/mol. The Morgan fingerprint density at radius 1 is 1.05 bits per heavy atom. The van der Waals surface area contributed by atoms with E-state index in [1.165, 1.54) is 0 Å². The maximum Gasteiger partial charge on any atom is 0.306 e. The van der Waals surface area contributed by atoms with Gasteiger partial charge in [-0.25, -0.2) is 0 Å². The van der Waals surface area contributed by atoms with Gasteiger partial charge in [0, 0.05) is 6.42 Å². The Hall–Kier alpha value is -1.84. The molecule has 1 aromatic carbocycles. The molecule has 1 unspecified atom stereocenters. The van der Waals surface area contributed by atoms with E-state index in [0.29, 0.717) is 25.6 Å². The van der Waals surface area contributed by atoms with Crippen LogP contribution in [0, 0.1) is 5.92 Å². The lowest BCUT2D eigenvalue weighted by atomic mass is 10.1. The van der Waals surface area contributed by atoms with Crippen LogP contribution >= 0.6 is 0 Å². The van der Waals surface area contributed by atoms with Crippen LogP contribution in [-0.2, 0) is 25.5 Å². The zero-order chi connectivity index (χ0) is 15.5. The van der Waals surface area contributed by atoms with Crippen LogP contribution in [0.3, 0.4) is 0 Å². The summed E-state index contributed by atoms with van der Waals surface area (Å²) in [4.78, 5) is 22.9. The molecule has 4 heteroatoms. The first kappa shape index (κ1) is 17.2. The van der Waals surface area contributed by atoms with Gasteiger partial charge in [0.1, 0.15) is 0 Å². The van der Waals surface area contributed by atoms with Crippen LogP contribution in [0.5, 0.6) is 0 Å². The lowest BCUT2D eigenvalue weighted by Crippen LogP contribution is -2.14. The highest BCUT2D eigenvalue weighted by atomic mass is 16.5. The summed E-state index contributed by atoms with van der Waals surface area (Å²) in [6.07, 6.45) is 1.81. The molecule has 0 N–H and O–H groups in total. The minimum atomic E-state index is -0.355. The highest BCUT2D eigenvalue weighted by molar-refractivity contribution is 5.77. The van der Waals surface area contributed by atoms with Crippen molar-refractivity contribution in [2.75, 3.05) is 13.2 Å². The zero-order valence-electron chi connectivity index (χ0n) is 12.8. The first-order chi connectivity index (χ1) is 10.1. The Morgan fingerprint density at radius 2 is 1.67 bits per heavy atom. The summed E-state index contributed by atoms with van der Waals surface area (Å²) >= 11 is 0. The molecule has 0 radical (unpaired) electrons. The molecule has 0 amide bonds. The number of esters is 2. The lowest BCUT2D eigenvalue weighted by Gasteiger charge is -2.09. The van der Waals surface area contributed by atoms with Crippen molar-refractivity contribution in [3.8, 4) is 0 Å². The Labute approximate surface area is 126 Å². The van der Waals surface area contributed by atoms with Crippen LogP contribution in [0.1, 0.15) is 38.7 Å². The summed E-state index contributed by atoms with van der Waals surface area (Å²) < 4.78 is 10.2. The second-order valence-electron chi connectivity index (χ2n) is 5.15. The standard InChI is InChI=1S/C17H24O4/c1-3-14(2)13-21-17(19)10-9-16(18)20-12-11-15-7-5-4-6-8-15/h4-8,14H,3,9-13H2,1-2H3. The molecular weight excluding hydrogens is 268 g/mol. The number of rotatable bonds is 9. The molecule has 21 heavy (non-hydrogen) atoms. The Balaban J connectivity index is 2.09. The van der Waals surface area contributed by atoms with E-state index >= 15 is 0 Å². The molecule has 1 atom stereocenters. The Morgan fingerprint density at radius 3 is 2.29 bits per heavy atom. The number of carbonyl (C=O) groups excluding carboxylic acids is 2. The molecule has 0 heterocycles. The number of hydrogen-bond donors (Lipinski definition) is 0. The third kappa shape index (κ3) is 8.12. The second kappa shape index (κ2) is 9.97. The van der Waals surface area contributed by atoms with Crippen molar-refractivity contribution in [3.63, 3.8) is 0 Å². The molecule has 0 bridgehead atoms. The third-order valence-corrected chi connectivity index (χ3v) is 3.26. The SMILES string of the molecule is CCC(C)COC(=O)CCC(=O)OCCc1ccccc1. The van der Waals surface area contributed by atoms with E-state index in [4.69, 9.17) is 9.47 Å². The maximum atomic E-state index is 11.5. The summed E-state index contributed by atoms with van der Waals surface area (Å²) in [7, 11) is 0. The van der Waals surface area contributed by atoms with Gasteiger partial charge in [0.2, 0.25) is 0 Å². The molecule has 0 aliphatic heterocycles. The van der Waals surface area contributed by atoms with E-state index < -0.39 is 0 Å². The lowest BCUT2D eigenvalue weighted by molar-refractivity contribution is -0.151. The fourth-order valence-corrected chi connectivity index (χ4v) is 1.63. The van der Waals surface area contributed by atoms with Crippen molar-refractivity contribution in [1.82, 2.24) is 0 Å². The van der Waals surface area contributed by atoms with Crippen LogP contribution in [0.4, 0.5) is 0 Å². The van der Waals surface area contributed by atoms with Crippen LogP contribution in [-0.4, -0.2) is 25.2 Å². The van der Waals surface area contributed by atoms with Gasteiger partial charge in [0.05, 0.1) is 26.1 Å². The van der Waals surface area contributed by atoms with E-state index in [9.17, 15) is 9.59 Å². The smallest absolute Gasteiger partial charge is 0.306 e. The van der Waals surface area contributed by atoms with Crippen LogP contribution in [0.25, 0.3) is 0 Å². The van der Waals surface area contributed by atoms with Crippen LogP contribution < -0.4 is 0 Å². The normalized spacial score (nSPS) is 11.7. The molecule has 0 spiro atoms. The predicted molar refractivity (Wildman–Crippen MR) is 80.8 cm³/mol. The second-order valence-corrected chi connectivity index (χ2v) is 5.15. The molecule has 1 aromatic rings. The molecule has 4 nitrogen and oxygen atoms in total. The minimum absolute atomic E-state index is 0.0775. The highest BCUT2D eigenvalue weighted by Gasteiger charge is 2.10. The van der Waals surface area contributed by atoms with Crippen molar-refractivity contribution in [2.45, 2.75) is 39.5 Å². The van der Waals surface area contributed by atoms with Gasteiger partial charge < -0.3 is 9.47 Å². The van der Waals surface area contributed by atoms with Crippen molar-refractivity contribution < 1.29 is 19.1 Å². The average Bonchev–Trinajstić information content (AvgIpc) is 2.51. The summed E-state index contributed by atoms with van der Waals surface area (Å²) in [6.45, 7) is 4.82. The van der Waals surface area contributed by atoms with Gasteiger partial charge in [0.15, 0.2) is 0 Å². The van der Waals surface area contributed by atoms with Crippen molar-refractivity contribution in [2.24, 2.45) is 5.92 Å². The molecule has 0 saturated carbocycles. The summed E-state index contributed by atoms with van der Waals surface area (Å²) in [6, 6.07) is 9.82. The topological polar surface area (TPSA) is 52.6 Å². The van der Waals surface area contributed by atoms with E-state index in [-0.39, 0.29) is 24.8 Å². The minimum Gasteiger partial charge on any atom is -0.465 e. The van der Waals surface area contributed by atoms with Gasteiger partial charge in [-0.2, -0.15) is 0 Å². The zero-order valence-corrected chi connectivity index (χ0v) is 12.8. The van der Waals surface area contributed by atoms with E-state index in [0.717, 1.165) is 12.0 Å². The summed E-state index contributed by atoms with van der Waals surface area (Å²) in [5.74, 6) is -0.339. The third-order valence-electron chi connectivity index (χ3n) is 3.26. The van der Waals surface area contributed by atoms with E-state index in [1.54, 1.807) is 0 Å². The van der Waals surface area contributed by atoms with Gasteiger partial charge in [-0.1, -0.05) is 50.6 Å². The molecule has 0 saturated heterocycles. The quantitative estimate of drug-likeness (QED) is 0.656. The highest BCUT2D eigenvalue weighted by Crippen LogP contribution is 2.04. The predicted octanol–water partition coefficient (Wildman–Crippen LogP) is 3.14.